The van der Waals surface area contributed by atoms with Gasteiger partial charge in [0.1, 0.15) is 0 Å². The molecule has 0 aliphatic heterocycles. The normalized spacial score (nSPS) is 10.8. The maximum Gasteiger partial charge on any atom is 0.323 e. The van der Waals surface area contributed by atoms with Crippen LogP contribution in [0.4, 0.5) is 0 Å². The minimum Gasteiger partial charge on any atom is -0.306 e. The van der Waals surface area contributed by atoms with E-state index in [-0.39, 0.29) is 11.5 Å². The van der Waals surface area contributed by atoms with Crippen LogP contribution in [0.25, 0.3) is 11.0 Å². The van der Waals surface area contributed by atoms with E-state index in [1.165, 1.54) is 0 Å². The largest absolute Gasteiger partial charge is 0.323 e. The molecule has 0 aliphatic carbocycles. The van der Waals surface area contributed by atoms with Crippen molar-refractivity contribution in [1.29, 1.82) is 0 Å². The molecule has 0 fully saturated rings. The molecule has 4 nitrogen and oxygen atoms in total. The van der Waals surface area contributed by atoms with Crippen LogP contribution in [-0.2, 0) is 0 Å². The lowest BCUT2D eigenvalue weighted by Crippen LogP contribution is -2.02. The number of fused-ring (bicyclic) bond motifs is 1. The summed E-state index contributed by atoms with van der Waals surface area (Å²) in [4.78, 5) is 28.9. The smallest absolute Gasteiger partial charge is 0.306 e. The van der Waals surface area contributed by atoms with Gasteiger partial charge in [-0.15, -0.1) is 0 Å². The number of H-pyrrole nitrogens is 2. The molecule has 2 aromatic carbocycles. The second-order valence-electron chi connectivity index (χ2n) is 4.15. The zero-order chi connectivity index (χ0) is 13.4. The van der Waals surface area contributed by atoms with Crippen molar-refractivity contribution in [2.75, 3.05) is 0 Å². The number of rotatable bonds is 2. The van der Waals surface area contributed by atoms with Crippen molar-refractivity contribution in [2.24, 2.45) is 0 Å². The Balaban J connectivity index is 2.17. The van der Waals surface area contributed by atoms with Gasteiger partial charge in [0.15, 0.2) is 5.78 Å². The molecule has 1 heterocycles. The number of nitrogens with one attached hydrogen (secondary N) is 2. The summed E-state index contributed by atoms with van der Waals surface area (Å²) in [6.07, 6.45) is 0. The molecule has 0 atom stereocenters. The Morgan fingerprint density at radius 2 is 1.63 bits per heavy atom. The van der Waals surface area contributed by atoms with E-state index in [4.69, 9.17) is 0 Å². The second-order valence-corrected chi connectivity index (χ2v) is 5.01. The molecule has 0 saturated heterocycles. The van der Waals surface area contributed by atoms with Crippen molar-refractivity contribution >= 4 is 32.7 Å². The van der Waals surface area contributed by atoms with E-state index < -0.39 is 0 Å². The molecule has 2 N–H and O–H groups in total. The molecule has 0 aliphatic rings. The van der Waals surface area contributed by atoms with Gasteiger partial charge in [0.25, 0.3) is 0 Å². The molecule has 94 valence electrons. The molecule has 5 heteroatoms. The third-order valence-corrected chi connectivity index (χ3v) is 3.54. The molecular weight excluding hydrogens is 308 g/mol. The summed E-state index contributed by atoms with van der Waals surface area (Å²) in [6, 6.07) is 12.4. The predicted octanol–water partition coefficient (Wildman–Crippen LogP) is 2.85. The highest BCUT2D eigenvalue weighted by Gasteiger charge is 2.14. The van der Waals surface area contributed by atoms with Gasteiger partial charge in [-0.05, 0) is 28.1 Å². The zero-order valence-corrected chi connectivity index (χ0v) is 11.3. The number of aromatic amines is 2. The van der Waals surface area contributed by atoms with Crippen LogP contribution in [0.3, 0.4) is 0 Å². The molecular formula is C14H9BrN2O2. The third-order valence-electron chi connectivity index (χ3n) is 2.88. The number of ketones is 1. The number of benzene rings is 2. The minimum absolute atomic E-state index is 0.0866. The van der Waals surface area contributed by atoms with Crippen molar-refractivity contribution < 1.29 is 4.79 Å². The van der Waals surface area contributed by atoms with Crippen molar-refractivity contribution in [3.05, 3.63) is 68.5 Å². The Kier molecular flexibility index (Phi) is 2.83. The maximum atomic E-state index is 12.4. The van der Waals surface area contributed by atoms with Gasteiger partial charge in [-0.25, -0.2) is 4.79 Å². The summed E-state index contributed by atoms with van der Waals surface area (Å²) in [5.74, 6) is -0.0866. The van der Waals surface area contributed by atoms with Gasteiger partial charge >= 0.3 is 5.69 Å². The highest BCUT2D eigenvalue weighted by Crippen LogP contribution is 2.24. The number of carbonyl (C=O) groups is 1. The Morgan fingerprint density at radius 3 is 2.32 bits per heavy atom. The lowest BCUT2D eigenvalue weighted by Gasteiger charge is -2.04. The average Bonchev–Trinajstić information content (AvgIpc) is 2.77. The van der Waals surface area contributed by atoms with Crippen LogP contribution in [0.1, 0.15) is 15.9 Å². The van der Waals surface area contributed by atoms with E-state index in [1.54, 1.807) is 24.3 Å². The first-order valence-electron chi connectivity index (χ1n) is 5.66. The first kappa shape index (κ1) is 11.9. The fraction of sp³-hybridized carbons (Fsp3) is 0. The highest BCUT2D eigenvalue weighted by molar-refractivity contribution is 9.10. The lowest BCUT2D eigenvalue weighted by atomic mass is 10.0. The molecule has 3 rings (SSSR count). The molecule has 0 spiro atoms. The van der Waals surface area contributed by atoms with Gasteiger partial charge in [0.05, 0.1) is 11.0 Å². The SMILES string of the molecule is O=C(c1ccccc1)c1cc2[nH]c(=O)[nH]c2cc1Br. The van der Waals surface area contributed by atoms with E-state index in [2.05, 4.69) is 25.9 Å². The lowest BCUT2D eigenvalue weighted by molar-refractivity contribution is 0.103. The summed E-state index contributed by atoms with van der Waals surface area (Å²) in [5.41, 5.74) is 2.13. The standard InChI is InChI=1S/C14H9BrN2O2/c15-10-7-12-11(16-14(19)17-12)6-9(10)13(18)8-4-2-1-3-5-8/h1-7H,(H2,16,17,19). The van der Waals surface area contributed by atoms with Crippen LogP contribution in [-0.4, -0.2) is 15.8 Å². The Morgan fingerprint density at radius 1 is 1.00 bits per heavy atom. The van der Waals surface area contributed by atoms with Crippen molar-refractivity contribution in [3.8, 4) is 0 Å². The average molecular weight is 317 g/mol. The molecule has 0 amide bonds. The Labute approximate surface area is 116 Å². The quantitative estimate of drug-likeness (QED) is 0.714. The van der Waals surface area contributed by atoms with E-state index in [0.717, 1.165) is 0 Å². The number of imidazole rings is 1. The van der Waals surface area contributed by atoms with Crippen molar-refractivity contribution in [3.63, 3.8) is 0 Å². The van der Waals surface area contributed by atoms with Crippen LogP contribution >= 0.6 is 15.9 Å². The minimum atomic E-state index is -0.286. The van der Waals surface area contributed by atoms with Gasteiger partial charge in [0.2, 0.25) is 0 Å². The number of hydrogen-bond donors (Lipinski definition) is 2. The maximum absolute atomic E-state index is 12.4. The van der Waals surface area contributed by atoms with Gasteiger partial charge in [-0.2, -0.15) is 0 Å². The molecule has 1 aromatic heterocycles. The molecule has 0 bridgehead atoms. The highest BCUT2D eigenvalue weighted by atomic mass is 79.9. The summed E-state index contributed by atoms with van der Waals surface area (Å²) in [5, 5.41) is 0. The number of hydrogen-bond acceptors (Lipinski definition) is 2. The van der Waals surface area contributed by atoms with Crippen molar-refractivity contribution in [1.82, 2.24) is 9.97 Å². The van der Waals surface area contributed by atoms with Crippen molar-refractivity contribution in [2.45, 2.75) is 0 Å². The van der Waals surface area contributed by atoms with Gasteiger partial charge in [0, 0.05) is 15.6 Å². The van der Waals surface area contributed by atoms with Crippen LogP contribution in [0, 0.1) is 0 Å². The first-order chi connectivity index (χ1) is 9.15. The molecule has 0 unspecified atom stereocenters. The monoisotopic (exact) mass is 316 g/mol. The van der Waals surface area contributed by atoms with E-state index >= 15 is 0 Å². The Hall–Kier alpha value is -2.14. The first-order valence-corrected chi connectivity index (χ1v) is 6.46. The molecule has 0 radical (unpaired) electrons. The fourth-order valence-corrected chi connectivity index (χ4v) is 2.50. The number of aromatic nitrogens is 2. The van der Waals surface area contributed by atoms with E-state index in [1.807, 2.05) is 18.2 Å². The Bertz CT molecular complexity index is 818. The number of carbonyl (C=O) groups excluding carboxylic acids is 1. The molecule has 0 saturated carbocycles. The third kappa shape index (κ3) is 2.13. The van der Waals surface area contributed by atoms with Crippen LogP contribution in [0.15, 0.2) is 51.7 Å². The van der Waals surface area contributed by atoms with Crippen LogP contribution < -0.4 is 5.69 Å². The van der Waals surface area contributed by atoms with Crippen LogP contribution in [0.2, 0.25) is 0 Å². The summed E-state index contributed by atoms with van der Waals surface area (Å²) < 4.78 is 0.657. The predicted molar refractivity (Wildman–Crippen MR) is 76.5 cm³/mol. The van der Waals surface area contributed by atoms with E-state index in [9.17, 15) is 9.59 Å². The molecule has 3 aromatic rings. The van der Waals surface area contributed by atoms with Gasteiger partial charge in [-0.3, -0.25) is 4.79 Å². The topological polar surface area (TPSA) is 65.7 Å². The van der Waals surface area contributed by atoms with Crippen LogP contribution in [0.5, 0.6) is 0 Å². The zero-order valence-electron chi connectivity index (χ0n) is 9.74. The summed E-state index contributed by atoms with van der Waals surface area (Å²) in [6.45, 7) is 0. The molecule has 19 heavy (non-hydrogen) atoms. The summed E-state index contributed by atoms with van der Waals surface area (Å²) >= 11 is 3.37. The summed E-state index contributed by atoms with van der Waals surface area (Å²) in [7, 11) is 0. The van der Waals surface area contributed by atoms with Gasteiger partial charge < -0.3 is 9.97 Å². The van der Waals surface area contributed by atoms with Gasteiger partial charge in [-0.1, -0.05) is 30.3 Å². The fourth-order valence-electron chi connectivity index (χ4n) is 1.98. The van der Waals surface area contributed by atoms with E-state index in [0.29, 0.717) is 26.6 Å². The second kappa shape index (κ2) is 4.51. The number of halogens is 1.